The first-order valence-electron chi connectivity index (χ1n) is 9.07. The summed E-state index contributed by atoms with van der Waals surface area (Å²) in [7, 11) is 1.86. The monoisotopic (exact) mass is 395 g/mol. The van der Waals surface area contributed by atoms with Gasteiger partial charge in [0.25, 0.3) is 11.8 Å². The summed E-state index contributed by atoms with van der Waals surface area (Å²) in [6, 6.07) is 7.26. The number of carbonyl (C=O) groups excluding carboxylic acids is 2. The van der Waals surface area contributed by atoms with E-state index >= 15 is 0 Å². The Bertz CT molecular complexity index is 669. The van der Waals surface area contributed by atoms with Crippen molar-refractivity contribution in [1.29, 1.82) is 0 Å². The molecule has 2 aliphatic rings. The third-order valence-corrected chi connectivity index (χ3v) is 5.30. The smallest absolute Gasteiger partial charge is 0.317 e. The van der Waals surface area contributed by atoms with Crippen LogP contribution in [0, 0.1) is 0 Å². The second-order valence-corrected chi connectivity index (χ2v) is 7.04. The number of amides is 2. The molecule has 2 heterocycles. The van der Waals surface area contributed by atoms with Crippen molar-refractivity contribution in [3.05, 3.63) is 35.4 Å². The van der Waals surface area contributed by atoms with E-state index in [0.717, 1.165) is 38.9 Å². The molecule has 1 aromatic rings. The standard InChI is InChI=1S/C19H25N3O4.ClH/c1-20(13-17(23)24)14-7-11-21(12-8-14)9-4-10-22-18(25)15-5-2-3-6-16(15)19(22)26;/h2-3,5-6,14H,4,7-13H2,1H3,(H,23,24);1H. The van der Waals surface area contributed by atoms with E-state index in [1.165, 1.54) is 4.90 Å². The molecule has 0 unspecified atom stereocenters. The second kappa shape index (κ2) is 9.30. The number of aliphatic carboxylic acids is 1. The zero-order valence-corrected chi connectivity index (χ0v) is 16.3. The zero-order valence-electron chi connectivity index (χ0n) is 15.5. The van der Waals surface area contributed by atoms with Crippen LogP contribution in [0.5, 0.6) is 0 Å². The average Bonchev–Trinajstić information content (AvgIpc) is 2.87. The molecule has 0 aromatic heterocycles. The highest BCUT2D eigenvalue weighted by molar-refractivity contribution is 6.21. The van der Waals surface area contributed by atoms with Gasteiger partial charge in [-0.05, 0) is 58.1 Å². The largest absolute Gasteiger partial charge is 0.480 e. The minimum atomic E-state index is -0.795. The molecule has 0 atom stereocenters. The van der Waals surface area contributed by atoms with E-state index in [2.05, 4.69) is 4.90 Å². The van der Waals surface area contributed by atoms with E-state index < -0.39 is 5.97 Å². The number of imide groups is 1. The van der Waals surface area contributed by atoms with E-state index in [-0.39, 0.29) is 30.8 Å². The Kier molecular flexibility index (Phi) is 7.35. The van der Waals surface area contributed by atoms with E-state index in [0.29, 0.717) is 23.7 Å². The van der Waals surface area contributed by atoms with Crippen LogP contribution in [0.25, 0.3) is 0 Å². The molecule has 7 nitrogen and oxygen atoms in total. The highest BCUT2D eigenvalue weighted by Crippen LogP contribution is 2.22. The fraction of sp³-hybridized carbons (Fsp3) is 0.526. The molecule has 8 heteroatoms. The van der Waals surface area contributed by atoms with E-state index in [1.54, 1.807) is 24.3 Å². The number of carboxylic acid groups (broad SMARTS) is 1. The maximum absolute atomic E-state index is 12.3. The average molecular weight is 396 g/mol. The van der Waals surface area contributed by atoms with Gasteiger partial charge in [-0.15, -0.1) is 12.4 Å². The molecule has 1 aromatic carbocycles. The van der Waals surface area contributed by atoms with Crippen molar-refractivity contribution < 1.29 is 19.5 Å². The molecule has 148 valence electrons. The minimum absolute atomic E-state index is 0. The fourth-order valence-corrected chi connectivity index (χ4v) is 3.82. The quantitative estimate of drug-likeness (QED) is 0.706. The van der Waals surface area contributed by atoms with Gasteiger partial charge in [-0.2, -0.15) is 0 Å². The maximum Gasteiger partial charge on any atom is 0.317 e. The molecule has 1 saturated heterocycles. The second-order valence-electron chi connectivity index (χ2n) is 7.04. The van der Waals surface area contributed by atoms with Gasteiger partial charge in [0.1, 0.15) is 0 Å². The van der Waals surface area contributed by atoms with Crippen LogP contribution in [0.4, 0.5) is 0 Å². The number of likely N-dealkylation sites (tertiary alicyclic amines) is 1. The van der Waals surface area contributed by atoms with Crippen molar-refractivity contribution in [2.45, 2.75) is 25.3 Å². The van der Waals surface area contributed by atoms with Crippen LogP contribution in [-0.4, -0.2) is 83.4 Å². The number of likely N-dealkylation sites (N-methyl/N-ethyl adjacent to an activating group) is 1. The van der Waals surface area contributed by atoms with Crippen LogP contribution >= 0.6 is 12.4 Å². The number of rotatable bonds is 7. The number of hydrogen-bond donors (Lipinski definition) is 1. The van der Waals surface area contributed by atoms with Crippen molar-refractivity contribution in [2.24, 2.45) is 0 Å². The van der Waals surface area contributed by atoms with Gasteiger partial charge < -0.3 is 10.0 Å². The zero-order chi connectivity index (χ0) is 18.7. The fourth-order valence-electron chi connectivity index (χ4n) is 3.82. The molecular formula is C19H26ClN3O4. The Labute approximate surface area is 165 Å². The predicted molar refractivity (Wildman–Crippen MR) is 103 cm³/mol. The SMILES string of the molecule is CN(CC(=O)O)C1CCN(CCCN2C(=O)c3ccccc3C2=O)CC1.Cl. The lowest BCUT2D eigenvalue weighted by Gasteiger charge is -2.36. The summed E-state index contributed by atoms with van der Waals surface area (Å²) in [5.74, 6) is -1.19. The molecule has 1 fully saturated rings. The molecule has 27 heavy (non-hydrogen) atoms. The van der Waals surface area contributed by atoms with E-state index in [9.17, 15) is 14.4 Å². The summed E-state index contributed by atoms with van der Waals surface area (Å²) in [5, 5.41) is 8.88. The molecule has 0 spiro atoms. The van der Waals surface area contributed by atoms with E-state index in [4.69, 9.17) is 5.11 Å². The molecule has 0 bridgehead atoms. The van der Waals surface area contributed by atoms with Crippen LogP contribution in [0.1, 0.15) is 40.0 Å². The maximum atomic E-state index is 12.3. The van der Waals surface area contributed by atoms with Crippen LogP contribution in [0.3, 0.4) is 0 Å². The van der Waals surface area contributed by atoms with Crippen LogP contribution in [-0.2, 0) is 4.79 Å². The lowest BCUT2D eigenvalue weighted by molar-refractivity contribution is -0.138. The minimum Gasteiger partial charge on any atom is -0.480 e. The van der Waals surface area contributed by atoms with Crippen molar-refractivity contribution in [2.75, 3.05) is 39.8 Å². The van der Waals surface area contributed by atoms with Crippen molar-refractivity contribution in [1.82, 2.24) is 14.7 Å². The Balaban J connectivity index is 0.00000261. The molecule has 3 rings (SSSR count). The molecule has 0 radical (unpaired) electrons. The number of benzene rings is 1. The lowest BCUT2D eigenvalue weighted by Crippen LogP contribution is -2.45. The van der Waals surface area contributed by atoms with Crippen LogP contribution < -0.4 is 0 Å². The van der Waals surface area contributed by atoms with Gasteiger partial charge in [-0.25, -0.2) is 0 Å². The van der Waals surface area contributed by atoms with Gasteiger partial charge in [0.15, 0.2) is 0 Å². The van der Waals surface area contributed by atoms with Crippen molar-refractivity contribution in [3.63, 3.8) is 0 Å². The first-order valence-corrected chi connectivity index (χ1v) is 9.07. The molecule has 2 amide bonds. The van der Waals surface area contributed by atoms with Gasteiger partial charge in [0.05, 0.1) is 17.7 Å². The summed E-state index contributed by atoms with van der Waals surface area (Å²) in [5.41, 5.74) is 1.000. The van der Waals surface area contributed by atoms with Gasteiger partial charge >= 0.3 is 5.97 Å². The molecule has 0 saturated carbocycles. The Morgan fingerprint density at radius 1 is 1.11 bits per heavy atom. The molecule has 0 aliphatic carbocycles. The number of halogens is 1. The molecular weight excluding hydrogens is 370 g/mol. The van der Waals surface area contributed by atoms with Gasteiger partial charge in [-0.3, -0.25) is 24.2 Å². The molecule has 1 N–H and O–H groups in total. The Morgan fingerprint density at radius 3 is 2.19 bits per heavy atom. The highest BCUT2D eigenvalue weighted by atomic mass is 35.5. The first kappa shape index (κ1) is 21.3. The predicted octanol–water partition coefficient (Wildman–Crippen LogP) is 1.58. The number of fused-ring (bicyclic) bond motifs is 1. The van der Waals surface area contributed by atoms with Gasteiger partial charge in [-0.1, -0.05) is 12.1 Å². The first-order chi connectivity index (χ1) is 12.5. The number of carbonyl (C=O) groups is 3. The summed E-state index contributed by atoms with van der Waals surface area (Å²) in [6.07, 6.45) is 2.63. The summed E-state index contributed by atoms with van der Waals surface area (Å²) in [4.78, 5) is 41.0. The van der Waals surface area contributed by atoms with Crippen LogP contribution in [0.15, 0.2) is 24.3 Å². The van der Waals surface area contributed by atoms with Crippen molar-refractivity contribution >= 4 is 30.2 Å². The number of carboxylic acids is 1. The molecule has 2 aliphatic heterocycles. The van der Waals surface area contributed by atoms with Crippen LogP contribution in [0.2, 0.25) is 0 Å². The summed E-state index contributed by atoms with van der Waals surface area (Å²) >= 11 is 0. The van der Waals surface area contributed by atoms with E-state index in [1.807, 2.05) is 11.9 Å². The number of piperidine rings is 1. The normalized spacial score (nSPS) is 17.9. The lowest BCUT2D eigenvalue weighted by atomic mass is 10.0. The summed E-state index contributed by atoms with van der Waals surface area (Å²) < 4.78 is 0. The Hall–Kier alpha value is -1.96. The van der Waals surface area contributed by atoms with Crippen molar-refractivity contribution in [3.8, 4) is 0 Å². The van der Waals surface area contributed by atoms with Gasteiger partial charge in [0, 0.05) is 12.6 Å². The number of nitrogens with zero attached hydrogens (tertiary/aromatic N) is 3. The Morgan fingerprint density at radius 2 is 1.67 bits per heavy atom. The highest BCUT2D eigenvalue weighted by Gasteiger charge is 2.34. The topological polar surface area (TPSA) is 81.2 Å². The third kappa shape index (κ3) is 4.86. The summed E-state index contributed by atoms with van der Waals surface area (Å²) in [6.45, 7) is 3.17. The van der Waals surface area contributed by atoms with Gasteiger partial charge in [0.2, 0.25) is 0 Å². The third-order valence-electron chi connectivity index (χ3n) is 5.30. The number of hydrogen-bond acceptors (Lipinski definition) is 5.